The van der Waals surface area contributed by atoms with Crippen LogP contribution in [0.4, 0.5) is 0 Å². The molecule has 2 aromatic carbocycles. The molecule has 1 atom stereocenters. The Bertz CT molecular complexity index is 666. The van der Waals surface area contributed by atoms with Gasteiger partial charge in [0, 0.05) is 6.54 Å². The zero-order valence-electron chi connectivity index (χ0n) is 11.6. The third kappa shape index (κ3) is 4.67. The molecule has 1 unspecified atom stereocenters. The molecule has 0 saturated carbocycles. The lowest BCUT2D eigenvalue weighted by atomic mass is 10.1. The van der Waals surface area contributed by atoms with Gasteiger partial charge < -0.3 is 10.8 Å². The van der Waals surface area contributed by atoms with Gasteiger partial charge in [0.15, 0.2) is 9.84 Å². The van der Waals surface area contributed by atoms with E-state index in [2.05, 4.69) is 0 Å². The van der Waals surface area contributed by atoms with Crippen molar-refractivity contribution in [3.05, 3.63) is 71.3 Å². The van der Waals surface area contributed by atoms with E-state index in [4.69, 9.17) is 5.73 Å². The molecule has 0 aliphatic carbocycles. The van der Waals surface area contributed by atoms with Gasteiger partial charge >= 0.3 is 0 Å². The molecule has 0 spiro atoms. The summed E-state index contributed by atoms with van der Waals surface area (Å²) in [6.45, 7) is 0.419. The average Bonchev–Trinajstić information content (AvgIpc) is 2.47. The number of rotatable bonds is 6. The molecule has 2 aromatic rings. The minimum absolute atomic E-state index is 0.0637. The van der Waals surface area contributed by atoms with E-state index in [9.17, 15) is 13.5 Å². The Hall–Kier alpha value is -1.69. The van der Waals surface area contributed by atoms with E-state index in [0.29, 0.717) is 12.1 Å². The second-order valence-electron chi connectivity index (χ2n) is 5.00. The quantitative estimate of drug-likeness (QED) is 0.852. The predicted octanol–water partition coefficient (Wildman–Crippen LogP) is 1.79. The topological polar surface area (TPSA) is 80.4 Å². The van der Waals surface area contributed by atoms with E-state index in [1.807, 2.05) is 6.07 Å². The highest BCUT2D eigenvalue weighted by atomic mass is 32.2. The summed E-state index contributed by atoms with van der Waals surface area (Å²) in [5.41, 5.74) is 7.76. The predicted molar refractivity (Wildman–Crippen MR) is 83.2 cm³/mol. The fourth-order valence-corrected chi connectivity index (χ4v) is 3.59. The Morgan fingerprint density at radius 1 is 0.952 bits per heavy atom. The lowest BCUT2D eigenvalue weighted by molar-refractivity contribution is 0.201. The number of nitrogens with two attached hydrogens (primary N) is 1. The number of benzene rings is 2. The van der Waals surface area contributed by atoms with Gasteiger partial charge in [0.05, 0.1) is 17.6 Å². The van der Waals surface area contributed by atoms with Crippen molar-refractivity contribution < 1.29 is 13.5 Å². The fourth-order valence-electron chi connectivity index (χ4n) is 2.10. The summed E-state index contributed by atoms with van der Waals surface area (Å²) >= 11 is 0. The van der Waals surface area contributed by atoms with Gasteiger partial charge in [-0.05, 0) is 16.7 Å². The van der Waals surface area contributed by atoms with Crippen LogP contribution in [0.1, 0.15) is 22.8 Å². The second kappa shape index (κ2) is 6.85. The number of sulfone groups is 1. The molecule has 5 heteroatoms. The van der Waals surface area contributed by atoms with Crippen LogP contribution in [-0.2, 0) is 22.1 Å². The number of aliphatic hydroxyl groups excluding tert-OH is 1. The first-order valence-corrected chi connectivity index (χ1v) is 8.53. The molecule has 21 heavy (non-hydrogen) atoms. The lowest BCUT2D eigenvalue weighted by Crippen LogP contribution is -2.16. The van der Waals surface area contributed by atoms with Gasteiger partial charge in [0.1, 0.15) is 0 Å². The molecule has 0 bridgehead atoms. The van der Waals surface area contributed by atoms with Crippen LogP contribution in [0, 0.1) is 0 Å². The maximum absolute atomic E-state index is 12.1. The Labute approximate surface area is 125 Å². The minimum atomic E-state index is -3.37. The molecule has 2 rings (SSSR count). The minimum Gasteiger partial charge on any atom is -0.387 e. The van der Waals surface area contributed by atoms with E-state index in [1.165, 1.54) is 0 Å². The molecule has 112 valence electrons. The van der Waals surface area contributed by atoms with E-state index in [-0.39, 0.29) is 11.5 Å². The molecule has 0 aliphatic heterocycles. The second-order valence-corrected chi connectivity index (χ2v) is 7.11. The molecule has 3 N–H and O–H groups in total. The Balaban J connectivity index is 2.05. The Morgan fingerprint density at radius 3 is 2.14 bits per heavy atom. The first-order valence-electron chi connectivity index (χ1n) is 6.71. The summed E-state index contributed by atoms with van der Waals surface area (Å²) in [5.74, 6) is -0.352. The molecular weight excluding hydrogens is 286 g/mol. The Morgan fingerprint density at radius 2 is 1.57 bits per heavy atom. The van der Waals surface area contributed by atoms with Crippen LogP contribution in [0.5, 0.6) is 0 Å². The SMILES string of the molecule is NCc1ccc(C(O)CS(=O)(=O)Cc2ccccc2)cc1. The summed E-state index contributed by atoms with van der Waals surface area (Å²) < 4.78 is 24.3. The summed E-state index contributed by atoms with van der Waals surface area (Å²) in [7, 11) is -3.37. The molecule has 4 nitrogen and oxygen atoms in total. The summed E-state index contributed by atoms with van der Waals surface area (Å²) in [6.07, 6.45) is -1.02. The van der Waals surface area contributed by atoms with Gasteiger partial charge in [0.2, 0.25) is 0 Å². The third-order valence-electron chi connectivity index (χ3n) is 3.24. The van der Waals surface area contributed by atoms with Gasteiger partial charge in [-0.3, -0.25) is 0 Å². The monoisotopic (exact) mass is 305 g/mol. The van der Waals surface area contributed by atoms with Gasteiger partial charge in [-0.25, -0.2) is 8.42 Å². The average molecular weight is 305 g/mol. The zero-order chi connectivity index (χ0) is 15.3. The largest absolute Gasteiger partial charge is 0.387 e. The van der Waals surface area contributed by atoms with Gasteiger partial charge in [-0.15, -0.1) is 0 Å². The molecule has 0 aromatic heterocycles. The smallest absolute Gasteiger partial charge is 0.157 e. The highest BCUT2D eigenvalue weighted by Gasteiger charge is 2.19. The highest BCUT2D eigenvalue weighted by molar-refractivity contribution is 7.90. The van der Waals surface area contributed by atoms with Crippen molar-refractivity contribution in [1.82, 2.24) is 0 Å². The summed E-state index contributed by atoms with van der Waals surface area (Å²) in [4.78, 5) is 0. The van der Waals surface area contributed by atoms with Crippen LogP contribution in [0.15, 0.2) is 54.6 Å². The summed E-state index contributed by atoms with van der Waals surface area (Å²) in [5, 5.41) is 10.1. The van der Waals surface area contributed by atoms with E-state index < -0.39 is 15.9 Å². The molecule has 0 amide bonds. The maximum atomic E-state index is 12.1. The van der Waals surface area contributed by atoms with Crippen molar-refractivity contribution in [1.29, 1.82) is 0 Å². The zero-order valence-corrected chi connectivity index (χ0v) is 12.5. The molecule has 0 radical (unpaired) electrons. The first-order chi connectivity index (χ1) is 10.00. The summed E-state index contributed by atoms with van der Waals surface area (Å²) in [6, 6.07) is 16.0. The van der Waals surface area contributed by atoms with E-state index in [0.717, 1.165) is 11.1 Å². The van der Waals surface area contributed by atoms with Gasteiger partial charge in [-0.1, -0.05) is 54.6 Å². The lowest BCUT2D eigenvalue weighted by Gasteiger charge is -2.12. The van der Waals surface area contributed by atoms with Gasteiger partial charge in [-0.2, -0.15) is 0 Å². The Kier molecular flexibility index (Phi) is 5.12. The van der Waals surface area contributed by atoms with Crippen LogP contribution in [-0.4, -0.2) is 19.3 Å². The number of hydrogen-bond acceptors (Lipinski definition) is 4. The van der Waals surface area contributed by atoms with Crippen LogP contribution in [0.2, 0.25) is 0 Å². The first kappa shape index (κ1) is 15.7. The van der Waals surface area contributed by atoms with Crippen LogP contribution < -0.4 is 5.73 Å². The van der Waals surface area contributed by atoms with Crippen LogP contribution in [0.3, 0.4) is 0 Å². The number of hydrogen-bond donors (Lipinski definition) is 2. The normalized spacial score (nSPS) is 13.0. The fraction of sp³-hybridized carbons (Fsp3) is 0.250. The highest BCUT2D eigenvalue weighted by Crippen LogP contribution is 2.18. The molecule has 0 heterocycles. The van der Waals surface area contributed by atoms with Crippen molar-refractivity contribution in [3.8, 4) is 0 Å². The number of aliphatic hydroxyl groups is 1. The van der Waals surface area contributed by atoms with Crippen LogP contribution in [0.25, 0.3) is 0 Å². The van der Waals surface area contributed by atoms with Crippen molar-refractivity contribution >= 4 is 9.84 Å². The molecular formula is C16H19NO3S. The van der Waals surface area contributed by atoms with Crippen molar-refractivity contribution in [2.45, 2.75) is 18.4 Å². The van der Waals surface area contributed by atoms with Gasteiger partial charge in [0.25, 0.3) is 0 Å². The molecule has 0 aliphatic rings. The van der Waals surface area contributed by atoms with E-state index >= 15 is 0 Å². The maximum Gasteiger partial charge on any atom is 0.157 e. The van der Waals surface area contributed by atoms with E-state index in [1.54, 1.807) is 48.5 Å². The van der Waals surface area contributed by atoms with Crippen molar-refractivity contribution in [2.24, 2.45) is 5.73 Å². The van der Waals surface area contributed by atoms with Crippen molar-refractivity contribution in [3.63, 3.8) is 0 Å². The molecule has 0 saturated heterocycles. The third-order valence-corrected chi connectivity index (χ3v) is 4.84. The standard InChI is InChI=1S/C16H19NO3S/c17-10-13-6-8-15(9-7-13)16(18)12-21(19,20)11-14-4-2-1-3-5-14/h1-9,16,18H,10-12,17H2. The van der Waals surface area contributed by atoms with Crippen LogP contribution >= 0.6 is 0 Å². The van der Waals surface area contributed by atoms with Crippen molar-refractivity contribution in [2.75, 3.05) is 5.75 Å². The molecule has 0 fully saturated rings.